The molecule has 0 spiro atoms. The fraction of sp³-hybridized carbons (Fsp3) is 0. The van der Waals surface area contributed by atoms with Gasteiger partial charge in [0.2, 0.25) is 0 Å². The van der Waals surface area contributed by atoms with Crippen LogP contribution in [-0.4, -0.2) is 15.8 Å². The molecular formula is C16H13ClN4. The third-order valence-electron chi connectivity index (χ3n) is 2.94. The zero-order valence-electron chi connectivity index (χ0n) is 11.1. The lowest BCUT2D eigenvalue weighted by Gasteiger charge is -2.05. The lowest BCUT2D eigenvalue weighted by atomic mass is 10.2. The van der Waals surface area contributed by atoms with E-state index in [0.717, 1.165) is 16.9 Å². The Balaban J connectivity index is 1.74. The van der Waals surface area contributed by atoms with E-state index >= 15 is 0 Å². The number of halogens is 1. The van der Waals surface area contributed by atoms with Gasteiger partial charge in [0.1, 0.15) is 0 Å². The van der Waals surface area contributed by atoms with Crippen molar-refractivity contribution >= 4 is 23.5 Å². The molecule has 0 unspecified atom stereocenters. The van der Waals surface area contributed by atoms with Crippen molar-refractivity contribution in [3.63, 3.8) is 0 Å². The minimum absolute atomic E-state index is 0.650. The highest BCUT2D eigenvalue weighted by atomic mass is 35.5. The smallest absolute Gasteiger partial charge is 0.0992 e. The highest BCUT2D eigenvalue weighted by Crippen LogP contribution is 2.21. The zero-order chi connectivity index (χ0) is 14.5. The fourth-order valence-electron chi connectivity index (χ4n) is 1.91. The third-order valence-corrected chi connectivity index (χ3v) is 3.24. The average Bonchev–Trinajstić information content (AvgIpc) is 3.02. The van der Waals surface area contributed by atoms with E-state index in [2.05, 4.69) is 15.5 Å². The Morgan fingerprint density at radius 1 is 1.14 bits per heavy atom. The molecule has 0 radical (unpaired) electrons. The fourth-order valence-corrected chi connectivity index (χ4v) is 2.20. The number of aromatic nitrogens is 2. The molecule has 0 aliphatic rings. The summed E-state index contributed by atoms with van der Waals surface area (Å²) in [6.45, 7) is 0. The number of hydrogen-bond acceptors (Lipinski definition) is 3. The van der Waals surface area contributed by atoms with E-state index in [1.54, 1.807) is 18.7 Å². The number of nitrogens with zero attached hydrogens (tertiary/aromatic N) is 3. The normalized spacial score (nSPS) is 10.9. The summed E-state index contributed by atoms with van der Waals surface area (Å²) >= 11 is 6.29. The molecule has 4 nitrogen and oxygen atoms in total. The van der Waals surface area contributed by atoms with Crippen LogP contribution in [0.1, 0.15) is 5.56 Å². The van der Waals surface area contributed by atoms with Crippen molar-refractivity contribution in [2.45, 2.75) is 0 Å². The Labute approximate surface area is 127 Å². The van der Waals surface area contributed by atoms with Crippen LogP contribution in [0.4, 0.5) is 5.69 Å². The highest BCUT2D eigenvalue weighted by Gasteiger charge is 2.02. The Morgan fingerprint density at radius 3 is 2.71 bits per heavy atom. The molecule has 0 bridgehead atoms. The average molecular weight is 297 g/mol. The van der Waals surface area contributed by atoms with Crippen molar-refractivity contribution in [1.82, 2.24) is 9.55 Å². The molecule has 5 heteroatoms. The molecule has 2 aromatic carbocycles. The Kier molecular flexibility index (Phi) is 3.98. The van der Waals surface area contributed by atoms with Crippen molar-refractivity contribution in [2.24, 2.45) is 5.10 Å². The van der Waals surface area contributed by atoms with E-state index in [9.17, 15) is 0 Å². The number of nitrogens with one attached hydrogen (secondary N) is 1. The van der Waals surface area contributed by atoms with Gasteiger partial charge in [0.15, 0.2) is 0 Å². The molecule has 0 atom stereocenters. The third kappa shape index (κ3) is 3.30. The number of hydrogen-bond donors (Lipinski definition) is 1. The summed E-state index contributed by atoms with van der Waals surface area (Å²) in [4.78, 5) is 4.01. The molecular weight excluding hydrogens is 284 g/mol. The molecule has 0 amide bonds. The van der Waals surface area contributed by atoms with E-state index in [0.29, 0.717) is 5.02 Å². The number of benzene rings is 2. The summed E-state index contributed by atoms with van der Waals surface area (Å²) in [5.41, 5.74) is 5.72. The van der Waals surface area contributed by atoms with Crippen molar-refractivity contribution < 1.29 is 0 Å². The second-order valence-electron chi connectivity index (χ2n) is 4.42. The lowest BCUT2D eigenvalue weighted by molar-refractivity contribution is 1.06. The quantitative estimate of drug-likeness (QED) is 0.584. The molecule has 104 valence electrons. The van der Waals surface area contributed by atoms with E-state index in [-0.39, 0.29) is 0 Å². The van der Waals surface area contributed by atoms with Crippen molar-refractivity contribution in [1.29, 1.82) is 0 Å². The molecule has 0 aliphatic heterocycles. The van der Waals surface area contributed by atoms with Crippen LogP contribution < -0.4 is 5.43 Å². The second-order valence-corrected chi connectivity index (χ2v) is 4.82. The Morgan fingerprint density at radius 2 is 2.00 bits per heavy atom. The van der Waals surface area contributed by atoms with Crippen molar-refractivity contribution in [3.8, 4) is 5.69 Å². The van der Waals surface area contributed by atoms with Crippen LogP contribution >= 0.6 is 11.6 Å². The lowest BCUT2D eigenvalue weighted by Crippen LogP contribution is -1.94. The molecule has 1 heterocycles. The number of imidazole rings is 1. The van der Waals surface area contributed by atoms with Crippen LogP contribution in [0.3, 0.4) is 0 Å². The van der Waals surface area contributed by atoms with Gasteiger partial charge in [0.25, 0.3) is 0 Å². The predicted molar refractivity (Wildman–Crippen MR) is 86.2 cm³/mol. The predicted octanol–water partition coefficient (Wildman–Crippen LogP) is 3.97. The van der Waals surface area contributed by atoms with Gasteiger partial charge in [0.05, 0.1) is 28.9 Å². The first kappa shape index (κ1) is 13.4. The highest BCUT2D eigenvalue weighted by molar-refractivity contribution is 6.32. The monoisotopic (exact) mass is 296 g/mol. The summed E-state index contributed by atoms with van der Waals surface area (Å²) in [5, 5.41) is 4.84. The van der Waals surface area contributed by atoms with Crippen LogP contribution in [-0.2, 0) is 0 Å². The van der Waals surface area contributed by atoms with E-state index in [4.69, 9.17) is 11.6 Å². The maximum absolute atomic E-state index is 6.29. The first-order valence-electron chi connectivity index (χ1n) is 6.45. The van der Waals surface area contributed by atoms with Crippen LogP contribution in [0, 0.1) is 0 Å². The topological polar surface area (TPSA) is 42.2 Å². The maximum atomic E-state index is 6.29. The van der Waals surface area contributed by atoms with E-state index < -0.39 is 0 Å². The molecule has 21 heavy (non-hydrogen) atoms. The standard InChI is InChI=1S/C16H13ClN4/c17-15-10-13(6-7-16(15)21-9-8-18-12-21)11-19-20-14-4-2-1-3-5-14/h1-12,20H. The molecule has 0 fully saturated rings. The van der Waals surface area contributed by atoms with Gasteiger partial charge in [0, 0.05) is 12.4 Å². The number of rotatable bonds is 4. The molecule has 0 saturated carbocycles. The van der Waals surface area contributed by atoms with Gasteiger partial charge >= 0.3 is 0 Å². The van der Waals surface area contributed by atoms with Crippen LogP contribution in [0.25, 0.3) is 5.69 Å². The van der Waals surface area contributed by atoms with Gasteiger partial charge < -0.3 is 4.57 Å². The zero-order valence-corrected chi connectivity index (χ0v) is 11.9. The van der Waals surface area contributed by atoms with Gasteiger partial charge in [-0.25, -0.2) is 4.98 Å². The SMILES string of the molecule is Clc1cc(C=NNc2ccccc2)ccc1-n1ccnc1. The Bertz CT molecular complexity index is 736. The minimum Gasteiger partial charge on any atom is -0.305 e. The van der Waals surface area contributed by atoms with Gasteiger partial charge in [-0.3, -0.25) is 5.43 Å². The van der Waals surface area contributed by atoms with Crippen molar-refractivity contribution in [2.75, 3.05) is 5.43 Å². The first-order chi connectivity index (χ1) is 10.3. The molecule has 0 aliphatic carbocycles. The summed E-state index contributed by atoms with van der Waals surface area (Å²) in [6, 6.07) is 15.5. The summed E-state index contributed by atoms with van der Waals surface area (Å²) < 4.78 is 1.87. The van der Waals surface area contributed by atoms with Crippen LogP contribution in [0.2, 0.25) is 5.02 Å². The molecule has 0 saturated heterocycles. The first-order valence-corrected chi connectivity index (χ1v) is 6.83. The minimum atomic E-state index is 0.650. The summed E-state index contributed by atoms with van der Waals surface area (Å²) in [5.74, 6) is 0. The molecule has 1 N–H and O–H groups in total. The molecule has 1 aromatic heterocycles. The van der Waals surface area contributed by atoms with Gasteiger partial charge in [-0.1, -0.05) is 35.9 Å². The molecule has 3 rings (SSSR count). The summed E-state index contributed by atoms with van der Waals surface area (Å²) in [6.07, 6.45) is 7.02. The molecule has 3 aromatic rings. The second kappa shape index (κ2) is 6.24. The Hall–Kier alpha value is -2.59. The van der Waals surface area contributed by atoms with E-state index in [1.807, 2.05) is 59.3 Å². The van der Waals surface area contributed by atoms with Crippen LogP contribution in [0.5, 0.6) is 0 Å². The number of para-hydroxylation sites is 1. The van der Waals surface area contributed by atoms with Gasteiger partial charge in [-0.05, 0) is 29.8 Å². The summed E-state index contributed by atoms with van der Waals surface area (Å²) in [7, 11) is 0. The van der Waals surface area contributed by atoms with E-state index in [1.165, 1.54) is 0 Å². The van der Waals surface area contributed by atoms with Gasteiger partial charge in [-0.15, -0.1) is 0 Å². The van der Waals surface area contributed by atoms with Crippen molar-refractivity contribution in [3.05, 3.63) is 77.8 Å². The number of anilines is 1. The number of hydrazone groups is 1. The van der Waals surface area contributed by atoms with Gasteiger partial charge in [-0.2, -0.15) is 5.10 Å². The van der Waals surface area contributed by atoms with Crippen LogP contribution in [0.15, 0.2) is 72.4 Å². The maximum Gasteiger partial charge on any atom is 0.0992 e. The largest absolute Gasteiger partial charge is 0.305 e.